The minimum atomic E-state index is 0.439. The van der Waals surface area contributed by atoms with Gasteiger partial charge in [-0.3, -0.25) is 0 Å². The average Bonchev–Trinajstić information content (AvgIpc) is 2.19. The molecular formula is C13H18O. The Morgan fingerprint density at radius 3 is 2.79 bits per heavy atom. The van der Waals surface area contributed by atoms with Gasteiger partial charge < -0.3 is 5.11 Å². The largest absolute Gasteiger partial charge is 0.507 e. The predicted octanol–water partition coefficient (Wildman–Crippen LogP) is 3.60. The molecule has 0 atom stereocenters. The van der Waals surface area contributed by atoms with Gasteiger partial charge in [-0.1, -0.05) is 43.7 Å². The predicted molar refractivity (Wildman–Crippen MR) is 60.6 cm³/mol. The topological polar surface area (TPSA) is 20.2 Å². The average molecular weight is 190 g/mol. The maximum atomic E-state index is 9.72. The van der Waals surface area contributed by atoms with Crippen molar-refractivity contribution in [3.05, 3.63) is 41.5 Å². The number of allylic oxidation sites excluding steroid dienone is 2. The molecule has 0 saturated carbocycles. The molecule has 0 radical (unpaired) electrons. The molecule has 0 aliphatic heterocycles. The molecule has 0 bridgehead atoms. The molecule has 0 heterocycles. The lowest BCUT2D eigenvalue weighted by Gasteiger charge is -2.03. The van der Waals surface area contributed by atoms with Crippen LogP contribution < -0.4 is 0 Å². The lowest BCUT2D eigenvalue weighted by atomic mass is 10.1. The van der Waals surface area contributed by atoms with E-state index in [1.165, 1.54) is 6.42 Å². The number of benzene rings is 1. The van der Waals surface area contributed by atoms with Crippen LogP contribution in [0.5, 0.6) is 5.75 Å². The summed E-state index contributed by atoms with van der Waals surface area (Å²) in [6, 6.07) is 5.88. The second-order valence-corrected chi connectivity index (χ2v) is 3.55. The first-order valence-electron chi connectivity index (χ1n) is 5.18. The minimum Gasteiger partial charge on any atom is -0.507 e. The van der Waals surface area contributed by atoms with Crippen molar-refractivity contribution in [2.24, 2.45) is 0 Å². The first-order chi connectivity index (χ1) is 6.75. The Hall–Kier alpha value is -1.24. The van der Waals surface area contributed by atoms with Crippen LogP contribution in [0.4, 0.5) is 0 Å². The highest BCUT2D eigenvalue weighted by molar-refractivity contribution is 5.40. The molecule has 76 valence electrons. The van der Waals surface area contributed by atoms with Gasteiger partial charge in [-0.25, -0.2) is 0 Å². The summed E-state index contributed by atoms with van der Waals surface area (Å²) in [7, 11) is 0. The highest BCUT2D eigenvalue weighted by Crippen LogP contribution is 2.21. The van der Waals surface area contributed by atoms with Gasteiger partial charge >= 0.3 is 0 Å². The zero-order chi connectivity index (χ0) is 10.4. The molecule has 1 heteroatoms. The molecule has 0 spiro atoms. The first-order valence-corrected chi connectivity index (χ1v) is 5.18. The van der Waals surface area contributed by atoms with Crippen LogP contribution in [0.1, 0.15) is 30.9 Å². The van der Waals surface area contributed by atoms with Gasteiger partial charge in [-0.15, -0.1) is 0 Å². The van der Waals surface area contributed by atoms with E-state index >= 15 is 0 Å². The number of aryl methyl sites for hydroxylation is 1. The van der Waals surface area contributed by atoms with Crippen molar-refractivity contribution in [1.29, 1.82) is 0 Å². The van der Waals surface area contributed by atoms with Crippen LogP contribution in [0.25, 0.3) is 0 Å². The molecule has 0 aliphatic carbocycles. The van der Waals surface area contributed by atoms with Gasteiger partial charge in [0.2, 0.25) is 0 Å². The minimum absolute atomic E-state index is 0.439. The monoisotopic (exact) mass is 190 g/mol. The van der Waals surface area contributed by atoms with E-state index in [1.54, 1.807) is 0 Å². The molecule has 1 N–H and O–H groups in total. The Bertz CT molecular complexity index is 313. The van der Waals surface area contributed by atoms with Crippen LogP contribution in [-0.4, -0.2) is 5.11 Å². The standard InChI is InChI=1S/C13H18O/c1-3-4-5-6-9-12-10-7-8-11(2)13(12)14/h5-8,10,14H,3-4,9H2,1-2H3/b6-5-. The number of para-hydroxylation sites is 1. The van der Waals surface area contributed by atoms with Crippen molar-refractivity contribution < 1.29 is 5.11 Å². The molecule has 0 aromatic heterocycles. The number of phenols is 1. The van der Waals surface area contributed by atoms with E-state index < -0.39 is 0 Å². The highest BCUT2D eigenvalue weighted by atomic mass is 16.3. The number of hydrogen-bond donors (Lipinski definition) is 1. The molecule has 0 unspecified atom stereocenters. The second kappa shape index (κ2) is 5.48. The first kappa shape index (κ1) is 10.8. The summed E-state index contributed by atoms with van der Waals surface area (Å²) >= 11 is 0. The van der Waals surface area contributed by atoms with Crippen molar-refractivity contribution in [2.75, 3.05) is 0 Å². The SMILES string of the molecule is CCC/C=C\Cc1cccc(C)c1O. The number of hydrogen-bond acceptors (Lipinski definition) is 1. The Morgan fingerprint density at radius 2 is 2.07 bits per heavy atom. The third-order valence-corrected chi connectivity index (χ3v) is 2.28. The van der Waals surface area contributed by atoms with Gasteiger partial charge in [-0.05, 0) is 30.9 Å². The number of unbranched alkanes of at least 4 members (excludes halogenated alkanes) is 1. The third-order valence-electron chi connectivity index (χ3n) is 2.28. The van der Waals surface area contributed by atoms with E-state index in [2.05, 4.69) is 19.1 Å². The van der Waals surface area contributed by atoms with Crippen LogP contribution >= 0.6 is 0 Å². The van der Waals surface area contributed by atoms with Gasteiger partial charge in [0.1, 0.15) is 5.75 Å². The lowest BCUT2D eigenvalue weighted by molar-refractivity contribution is 0.465. The molecule has 1 rings (SSSR count). The second-order valence-electron chi connectivity index (χ2n) is 3.55. The molecule has 0 fully saturated rings. The van der Waals surface area contributed by atoms with Gasteiger partial charge in [0, 0.05) is 0 Å². The molecule has 14 heavy (non-hydrogen) atoms. The summed E-state index contributed by atoms with van der Waals surface area (Å²) in [5.41, 5.74) is 1.96. The van der Waals surface area contributed by atoms with Gasteiger partial charge in [0.05, 0.1) is 0 Å². The Balaban J connectivity index is 2.63. The summed E-state index contributed by atoms with van der Waals surface area (Å²) in [4.78, 5) is 0. The number of rotatable bonds is 4. The summed E-state index contributed by atoms with van der Waals surface area (Å²) in [6.45, 7) is 4.09. The molecule has 1 aromatic carbocycles. The van der Waals surface area contributed by atoms with E-state index in [0.717, 1.165) is 24.0 Å². The highest BCUT2D eigenvalue weighted by Gasteiger charge is 2.00. The summed E-state index contributed by atoms with van der Waals surface area (Å²) in [5.74, 6) is 0.439. The molecule has 1 nitrogen and oxygen atoms in total. The van der Waals surface area contributed by atoms with E-state index in [-0.39, 0.29) is 0 Å². The van der Waals surface area contributed by atoms with Crippen molar-refractivity contribution in [3.8, 4) is 5.75 Å². The van der Waals surface area contributed by atoms with Crippen molar-refractivity contribution in [3.63, 3.8) is 0 Å². The zero-order valence-electron chi connectivity index (χ0n) is 8.96. The quantitative estimate of drug-likeness (QED) is 0.719. The maximum absolute atomic E-state index is 9.72. The van der Waals surface area contributed by atoms with Gasteiger partial charge in [0.15, 0.2) is 0 Å². The van der Waals surface area contributed by atoms with Crippen molar-refractivity contribution in [2.45, 2.75) is 33.1 Å². The smallest absolute Gasteiger partial charge is 0.121 e. The fourth-order valence-electron chi connectivity index (χ4n) is 1.38. The molecular weight excluding hydrogens is 172 g/mol. The van der Waals surface area contributed by atoms with Crippen LogP contribution in [0.15, 0.2) is 30.4 Å². The van der Waals surface area contributed by atoms with E-state index in [0.29, 0.717) is 5.75 Å². The third kappa shape index (κ3) is 2.91. The normalized spacial score (nSPS) is 11.0. The summed E-state index contributed by atoms with van der Waals surface area (Å²) in [5, 5.41) is 9.72. The van der Waals surface area contributed by atoms with Crippen molar-refractivity contribution in [1.82, 2.24) is 0 Å². The Kier molecular flexibility index (Phi) is 4.24. The summed E-state index contributed by atoms with van der Waals surface area (Å²) in [6.07, 6.45) is 7.41. The molecule has 0 amide bonds. The molecule has 0 aliphatic rings. The Labute approximate surface area is 86.1 Å². The summed E-state index contributed by atoms with van der Waals surface area (Å²) < 4.78 is 0. The zero-order valence-corrected chi connectivity index (χ0v) is 8.96. The van der Waals surface area contributed by atoms with E-state index in [4.69, 9.17) is 0 Å². The van der Waals surface area contributed by atoms with Crippen molar-refractivity contribution >= 4 is 0 Å². The lowest BCUT2D eigenvalue weighted by Crippen LogP contribution is -1.84. The number of phenolic OH excluding ortho intramolecular Hbond substituents is 1. The molecule has 1 aromatic rings. The molecule has 0 saturated heterocycles. The fourth-order valence-corrected chi connectivity index (χ4v) is 1.38. The number of aromatic hydroxyl groups is 1. The van der Waals surface area contributed by atoms with Crippen LogP contribution in [0, 0.1) is 6.92 Å². The maximum Gasteiger partial charge on any atom is 0.121 e. The van der Waals surface area contributed by atoms with Gasteiger partial charge in [-0.2, -0.15) is 0 Å². The van der Waals surface area contributed by atoms with Crippen LogP contribution in [0.2, 0.25) is 0 Å². The van der Waals surface area contributed by atoms with E-state index in [9.17, 15) is 5.11 Å². The Morgan fingerprint density at radius 1 is 1.29 bits per heavy atom. The van der Waals surface area contributed by atoms with Crippen LogP contribution in [-0.2, 0) is 6.42 Å². The van der Waals surface area contributed by atoms with E-state index in [1.807, 2.05) is 25.1 Å². The van der Waals surface area contributed by atoms with Crippen LogP contribution in [0.3, 0.4) is 0 Å². The fraction of sp³-hybridized carbons (Fsp3) is 0.385. The van der Waals surface area contributed by atoms with Gasteiger partial charge in [0.25, 0.3) is 0 Å².